The fourth-order valence-electron chi connectivity index (χ4n) is 2.70. The monoisotopic (exact) mass is 369 g/mol. The fourth-order valence-corrected chi connectivity index (χ4v) is 4.09. The molecule has 0 N–H and O–H groups in total. The largest absolute Gasteiger partial charge is 0.480 e. The molecule has 0 aliphatic heterocycles. The number of methoxy groups -OCH3 is 1. The van der Waals surface area contributed by atoms with E-state index in [1.807, 2.05) is 19.1 Å². The van der Waals surface area contributed by atoms with Crippen molar-refractivity contribution >= 4 is 50.5 Å². The van der Waals surface area contributed by atoms with E-state index in [9.17, 15) is 4.79 Å². The summed E-state index contributed by atoms with van der Waals surface area (Å²) in [6.45, 7) is 1.99. The van der Waals surface area contributed by atoms with Crippen molar-refractivity contribution in [1.82, 2.24) is 15.0 Å². The normalized spacial score (nSPS) is 11.2. The molecule has 0 spiro atoms. The number of hydrogen-bond acceptors (Lipinski definition) is 6. The van der Waals surface area contributed by atoms with Gasteiger partial charge < -0.3 is 4.74 Å². The van der Waals surface area contributed by atoms with E-state index in [0.29, 0.717) is 22.0 Å². The Kier molecular flexibility index (Phi) is 3.86. The smallest absolute Gasteiger partial charge is 0.232 e. The number of aldehydes is 1. The molecule has 25 heavy (non-hydrogen) atoms. The van der Waals surface area contributed by atoms with E-state index in [4.69, 9.17) is 16.3 Å². The van der Waals surface area contributed by atoms with Crippen molar-refractivity contribution < 1.29 is 9.53 Å². The Bertz CT molecular complexity index is 1140. The van der Waals surface area contributed by atoms with Crippen LogP contribution >= 0.6 is 22.9 Å². The molecule has 2 aromatic heterocycles. The molecule has 7 heteroatoms. The second kappa shape index (κ2) is 6.06. The molecule has 5 nitrogen and oxygen atoms in total. The molecule has 0 unspecified atom stereocenters. The van der Waals surface area contributed by atoms with Gasteiger partial charge in [-0.2, -0.15) is 0 Å². The van der Waals surface area contributed by atoms with Crippen LogP contribution in [0.1, 0.15) is 15.9 Å². The van der Waals surface area contributed by atoms with Crippen molar-refractivity contribution in [3.05, 3.63) is 46.6 Å². The molecule has 0 aliphatic rings. The summed E-state index contributed by atoms with van der Waals surface area (Å²) >= 11 is 7.75. The molecule has 124 valence electrons. The lowest BCUT2D eigenvalue weighted by atomic mass is 10.1. The number of ether oxygens (including phenoxy) is 1. The molecule has 0 saturated carbocycles. The van der Waals surface area contributed by atoms with Gasteiger partial charge in [-0.25, -0.2) is 15.0 Å². The molecular weight excluding hydrogens is 358 g/mol. The average molecular weight is 370 g/mol. The summed E-state index contributed by atoms with van der Waals surface area (Å²) in [7, 11) is 1.56. The molecule has 4 rings (SSSR count). The van der Waals surface area contributed by atoms with Gasteiger partial charge in [0.2, 0.25) is 5.88 Å². The first-order chi connectivity index (χ1) is 12.1. The van der Waals surface area contributed by atoms with Crippen molar-refractivity contribution in [2.24, 2.45) is 0 Å². The summed E-state index contributed by atoms with van der Waals surface area (Å²) in [5.74, 6) is 0.465. The molecule has 0 saturated heterocycles. The summed E-state index contributed by atoms with van der Waals surface area (Å²) in [5.41, 5.74) is 4.64. The van der Waals surface area contributed by atoms with Gasteiger partial charge in [0.05, 0.1) is 34.1 Å². The second-order valence-corrected chi connectivity index (χ2v) is 7.02. The quantitative estimate of drug-likeness (QED) is 0.490. The third kappa shape index (κ3) is 2.73. The first-order valence-corrected chi connectivity index (χ1v) is 8.65. The van der Waals surface area contributed by atoms with E-state index in [-0.39, 0.29) is 0 Å². The molecule has 2 aromatic carbocycles. The van der Waals surface area contributed by atoms with E-state index >= 15 is 0 Å². The summed E-state index contributed by atoms with van der Waals surface area (Å²) in [6.07, 6.45) is 2.37. The maximum atomic E-state index is 11.1. The van der Waals surface area contributed by atoms with Crippen LogP contribution in [0.4, 0.5) is 0 Å². The van der Waals surface area contributed by atoms with Gasteiger partial charge in [0, 0.05) is 11.1 Å². The van der Waals surface area contributed by atoms with Gasteiger partial charge >= 0.3 is 0 Å². The highest BCUT2D eigenvalue weighted by Gasteiger charge is 2.15. The molecule has 0 aliphatic carbocycles. The van der Waals surface area contributed by atoms with Crippen molar-refractivity contribution in [3.8, 4) is 16.5 Å². The van der Waals surface area contributed by atoms with Crippen LogP contribution in [0.5, 0.6) is 5.88 Å². The highest BCUT2D eigenvalue weighted by Crippen LogP contribution is 2.37. The summed E-state index contributed by atoms with van der Waals surface area (Å²) in [5, 5.41) is 1.25. The van der Waals surface area contributed by atoms with Gasteiger partial charge in [0.15, 0.2) is 0 Å². The third-order valence-corrected chi connectivity index (χ3v) is 5.14. The molecule has 0 amide bonds. The highest BCUT2D eigenvalue weighted by atomic mass is 35.5. The maximum Gasteiger partial charge on any atom is 0.232 e. The number of carbonyl (C=O) groups is 1. The Morgan fingerprint density at radius 3 is 2.76 bits per heavy atom. The predicted octanol–water partition coefficient (Wildman–Crippen LogP) is 4.69. The first-order valence-electron chi connectivity index (χ1n) is 7.46. The standard InChI is InChI=1S/C18H12ClN3O2S/c1-9-3-11(16-13(4-9)21-15(24-2)7-20-16)18-22-17-12(19)5-10(8-23)6-14(17)25-18/h3-8H,1-2H3. The number of carbonyl (C=O) groups excluding carboxylic acids is 1. The van der Waals surface area contributed by atoms with Gasteiger partial charge in [0.1, 0.15) is 16.8 Å². The van der Waals surface area contributed by atoms with Gasteiger partial charge in [0.25, 0.3) is 0 Å². The van der Waals surface area contributed by atoms with E-state index in [2.05, 4.69) is 15.0 Å². The van der Waals surface area contributed by atoms with Crippen LogP contribution in [-0.2, 0) is 0 Å². The number of aryl methyl sites for hydroxylation is 1. The van der Waals surface area contributed by atoms with Crippen LogP contribution in [0.15, 0.2) is 30.5 Å². The summed E-state index contributed by atoms with van der Waals surface area (Å²) in [4.78, 5) is 24.7. The topological polar surface area (TPSA) is 65.0 Å². The van der Waals surface area contributed by atoms with Gasteiger partial charge in [-0.05, 0) is 36.8 Å². The lowest BCUT2D eigenvalue weighted by Crippen LogP contribution is -1.93. The molecular formula is C18H12ClN3O2S. The fraction of sp³-hybridized carbons (Fsp3) is 0.111. The van der Waals surface area contributed by atoms with Gasteiger partial charge in [-0.3, -0.25) is 4.79 Å². The molecule has 0 fully saturated rings. The van der Waals surface area contributed by atoms with E-state index in [1.54, 1.807) is 25.4 Å². The molecule has 0 atom stereocenters. The van der Waals surface area contributed by atoms with Crippen molar-refractivity contribution in [2.45, 2.75) is 6.92 Å². The van der Waals surface area contributed by atoms with Crippen LogP contribution < -0.4 is 4.74 Å². The number of aromatic nitrogens is 3. The molecule has 0 radical (unpaired) electrons. The van der Waals surface area contributed by atoms with Crippen LogP contribution in [0.3, 0.4) is 0 Å². The number of nitrogens with zero attached hydrogens (tertiary/aromatic N) is 3. The molecule has 2 heterocycles. The maximum absolute atomic E-state index is 11.1. The Balaban J connectivity index is 1.99. The van der Waals surface area contributed by atoms with Gasteiger partial charge in [-0.1, -0.05) is 11.6 Å². The first kappa shape index (κ1) is 15.9. The highest BCUT2D eigenvalue weighted by molar-refractivity contribution is 7.21. The number of benzene rings is 2. The second-order valence-electron chi connectivity index (χ2n) is 5.58. The number of halogens is 1. The Morgan fingerprint density at radius 2 is 2.00 bits per heavy atom. The Hall–Kier alpha value is -2.57. The number of fused-ring (bicyclic) bond motifs is 2. The minimum atomic E-state index is 0.465. The van der Waals surface area contributed by atoms with E-state index < -0.39 is 0 Å². The van der Waals surface area contributed by atoms with Crippen molar-refractivity contribution in [1.29, 1.82) is 0 Å². The van der Waals surface area contributed by atoms with E-state index in [1.165, 1.54) is 11.3 Å². The zero-order valence-electron chi connectivity index (χ0n) is 13.4. The zero-order valence-corrected chi connectivity index (χ0v) is 15.0. The average Bonchev–Trinajstić information content (AvgIpc) is 3.04. The zero-order chi connectivity index (χ0) is 17.6. The SMILES string of the molecule is COc1cnc2c(-c3nc4c(Cl)cc(C=O)cc4s3)cc(C)cc2n1. The van der Waals surface area contributed by atoms with Crippen LogP contribution in [0.25, 0.3) is 31.8 Å². The summed E-state index contributed by atoms with van der Waals surface area (Å²) < 4.78 is 6.02. The lowest BCUT2D eigenvalue weighted by Gasteiger charge is -2.06. The minimum Gasteiger partial charge on any atom is -0.480 e. The van der Waals surface area contributed by atoms with Crippen LogP contribution in [0.2, 0.25) is 5.02 Å². The Morgan fingerprint density at radius 1 is 1.16 bits per heavy atom. The lowest BCUT2D eigenvalue weighted by molar-refractivity contribution is 0.112. The van der Waals surface area contributed by atoms with Crippen molar-refractivity contribution in [2.75, 3.05) is 7.11 Å². The number of thiazole rings is 1. The Labute approximate surface area is 152 Å². The third-order valence-electron chi connectivity index (χ3n) is 3.82. The van der Waals surface area contributed by atoms with Crippen LogP contribution in [-0.4, -0.2) is 28.3 Å². The number of rotatable bonds is 3. The molecule has 4 aromatic rings. The minimum absolute atomic E-state index is 0.465. The van der Waals surface area contributed by atoms with Crippen molar-refractivity contribution in [3.63, 3.8) is 0 Å². The van der Waals surface area contributed by atoms with E-state index in [0.717, 1.165) is 38.2 Å². The number of hydrogen-bond donors (Lipinski definition) is 0. The molecule has 0 bridgehead atoms. The van der Waals surface area contributed by atoms with Gasteiger partial charge in [-0.15, -0.1) is 11.3 Å². The predicted molar refractivity (Wildman–Crippen MR) is 99.8 cm³/mol. The van der Waals surface area contributed by atoms with Crippen LogP contribution in [0, 0.1) is 6.92 Å². The summed E-state index contributed by atoms with van der Waals surface area (Å²) in [6, 6.07) is 7.40.